The normalized spacial score (nSPS) is 9.94. The summed E-state index contributed by atoms with van der Waals surface area (Å²) in [7, 11) is 0. The average molecular weight is 241 g/mol. The van der Waals surface area contributed by atoms with Gasteiger partial charge in [0.05, 0.1) is 0 Å². The van der Waals surface area contributed by atoms with Crippen molar-refractivity contribution in [3.05, 3.63) is 27.9 Å². The Balaban J connectivity index is 2.86. The number of nitrogens with zero attached hydrogens (tertiary/aromatic N) is 2. The minimum Gasteiger partial charge on any atom is -0.480 e. The van der Waals surface area contributed by atoms with Crippen molar-refractivity contribution in [2.45, 2.75) is 6.92 Å². The van der Waals surface area contributed by atoms with Gasteiger partial charge in [0, 0.05) is 12.6 Å². The van der Waals surface area contributed by atoms with Crippen LogP contribution in [-0.2, 0) is 4.79 Å². The summed E-state index contributed by atoms with van der Waals surface area (Å²) in [6, 6.07) is 2.41. The van der Waals surface area contributed by atoms with Crippen LogP contribution < -0.4 is 0 Å². The van der Waals surface area contributed by atoms with Crippen LogP contribution in [0.1, 0.15) is 17.4 Å². The van der Waals surface area contributed by atoms with Crippen molar-refractivity contribution in [3.63, 3.8) is 0 Å². The van der Waals surface area contributed by atoms with Crippen LogP contribution in [0.25, 0.3) is 0 Å². The molecule has 2 N–H and O–H groups in total. The Kier molecular flexibility index (Phi) is 3.81. The van der Waals surface area contributed by atoms with Crippen molar-refractivity contribution < 1.29 is 19.6 Å². The molecule has 0 fully saturated rings. The Labute approximate surface area is 96.0 Å². The van der Waals surface area contributed by atoms with Gasteiger partial charge < -0.3 is 20.1 Å². The first-order valence-electron chi connectivity index (χ1n) is 4.80. The molecule has 92 valence electrons. The molecule has 0 radical (unpaired) electrons. The predicted octanol–water partition coefficient (Wildman–Crippen LogP) is 0.470. The zero-order valence-electron chi connectivity index (χ0n) is 9.04. The molecule has 0 aliphatic rings. The van der Waals surface area contributed by atoms with Gasteiger partial charge in [-0.25, -0.2) is 4.98 Å². The molecule has 0 aromatic carbocycles. The number of nitro groups is 1. The molecule has 0 atom stereocenters. The van der Waals surface area contributed by atoms with Gasteiger partial charge in [-0.2, -0.15) is 0 Å². The standard InChI is InChI=1S/C9H11N3O5/c1-2-11(5-8(13)14)9(15)6-3-4-7(10-6)12(16)17/h3-4,10H,2,5H2,1H3,(H,13,14). The van der Waals surface area contributed by atoms with E-state index in [-0.39, 0.29) is 18.1 Å². The molecule has 0 aliphatic heterocycles. The summed E-state index contributed by atoms with van der Waals surface area (Å²) < 4.78 is 0. The molecule has 1 amide bonds. The lowest BCUT2D eigenvalue weighted by Gasteiger charge is -2.16. The van der Waals surface area contributed by atoms with Crippen LogP contribution in [0.4, 0.5) is 5.82 Å². The molecule has 17 heavy (non-hydrogen) atoms. The first-order chi connectivity index (χ1) is 7.95. The number of nitrogens with one attached hydrogen (secondary N) is 1. The molecular weight excluding hydrogens is 230 g/mol. The van der Waals surface area contributed by atoms with Crippen LogP contribution >= 0.6 is 0 Å². The van der Waals surface area contributed by atoms with E-state index in [2.05, 4.69) is 4.98 Å². The molecule has 0 saturated carbocycles. The second kappa shape index (κ2) is 5.10. The first kappa shape index (κ1) is 12.7. The number of amides is 1. The summed E-state index contributed by atoms with van der Waals surface area (Å²) in [5.41, 5.74) is -0.000185. The number of aliphatic carboxylic acids is 1. The van der Waals surface area contributed by atoms with Crippen LogP contribution in [0, 0.1) is 10.1 Å². The number of carbonyl (C=O) groups is 2. The molecule has 8 heteroatoms. The summed E-state index contributed by atoms with van der Waals surface area (Å²) in [6.07, 6.45) is 0. The van der Waals surface area contributed by atoms with Gasteiger partial charge in [-0.05, 0) is 17.9 Å². The Morgan fingerprint density at radius 2 is 2.18 bits per heavy atom. The quantitative estimate of drug-likeness (QED) is 0.574. The average Bonchev–Trinajstić information content (AvgIpc) is 2.73. The largest absolute Gasteiger partial charge is 0.480 e. The molecule has 8 nitrogen and oxygen atoms in total. The van der Waals surface area contributed by atoms with E-state index in [1.54, 1.807) is 6.92 Å². The molecule has 0 saturated heterocycles. The fraction of sp³-hybridized carbons (Fsp3) is 0.333. The predicted molar refractivity (Wildman–Crippen MR) is 56.7 cm³/mol. The smallest absolute Gasteiger partial charge is 0.323 e. The van der Waals surface area contributed by atoms with Crippen molar-refractivity contribution in [1.29, 1.82) is 0 Å². The van der Waals surface area contributed by atoms with E-state index in [0.29, 0.717) is 0 Å². The second-order valence-corrected chi connectivity index (χ2v) is 3.23. The molecule has 1 rings (SSSR count). The van der Waals surface area contributed by atoms with Gasteiger partial charge in [-0.1, -0.05) is 0 Å². The van der Waals surface area contributed by atoms with Crippen LogP contribution in [0.15, 0.2) is 12.1 Å². The summed E-state index contributed by atoms with van der Waals surface area (Å²) in [5.74, 6) is -2.02. The fourth-order valence-corrected chi connectivity index (χ4v) is 1.28. The fourth-order valence-electron chi connectivity index (χ4n) is 1.28. The summed E-state index contributed by atoms with van der Waals surface area (Å²) in [6.45, 7) is 1.39. The third-order valence-corrected chi connectivity index (χ3v) is 2.09. The number of carboxylic acid groups (broad SMARTS) is 1. The third kappa shape index (κ3) is 3.03. The summed E-state index contributed by atoms with van der Waals surface area (Å²) in [4.78, 5) is 35.4. The lowest BCUT2D eigenvalue weighted by molar-refractivity contribution is -0.389. The third-order valence-electron chi connectivity index (χ3n) is 2.09. The van der Waals surface area contributed by atoms with Crippen LogP contribution in [0.3, 0.4) is 0 Å². The molecule has 0 bridgehead atoms. The van der Waals surface area contributed by atoms with E-state index >= 15 is 0 Å². The van der Waals surface area contributed by atoms with Crippen molar-refractivity contribution in [2.24, 2.45) is 0 Å². The van der Waals surface area contributed by atoms with Crippen molar-refractivity contribution in [2.75, 3.05) is 13.1 Å². The highest BCUT2D eigenvalue weighted by Crippen LogP contribution is 2.11. The minimum absolute atomic E-state index is 0.000185. The molecular formula is C9H11N3O5. The van der Waals surface area contributed by atoms with E-state index in [9.17, 15) is 19.7 Å². The summed E-state index contributed by atoms with van der Waals surface area (Å²) in [5, 5.41) is 19.0. The molecule has 1 aromatic heterocycles. The number of aromatic nitrogens is 1. The highest BCUT2D eigenvalue weighted by Gasteiger charge is 2.22. The number of H-pyrrole nitrogens is 1. The number of carbonyl (C=O) groups excluding carboxylic acids is 1. The maximum atomic E-state index is 11.8. The molecule has 1 heterocycles. The number of hydrogen-bond acceptors (Lipinski definition) is 4. The van der Waals surface area contributed by atoms with Crippen LogP contribution in [0.5, 0.6) is 0 Å². The highest BCUT2D eigenvalue weighted by atomic mass is 16.6. The molecule has 1 aromatic rings. The number of carboxylic acids is 1. The van der Waals surface area contributed by atoms with Crippen LogP contribution in [-0.4, -0.2) is 44.9 Å². The topological polar surface area (TPSA) is 117 Å². The van der Waals surface area contributed by atoms with Crippen LogP contribution in [0.2, 0.25) is 0 Å². The van der Waals surface area contributed by atoms with Gasteiger partial charge in [0.15, 0.2) is 5.69 Å². The van der Waals surface area contributed by atoms with E-state index in [1.807, 2.05) is 0 Å². The van der Waals surface area contributed by atoms with Gasteiger partial charge in [0.2, 0.25) is 0 Å². The number of hydrogen-bond donors (Lipinski definition) is 2. The van der Waals surface area contributed by atoms with Gasteiger partial charge in [0.25, 0.3) is 5.91 Å². The first-order valence-corrected chi connectivity index (χ1v) is 4.80. The second-order valence-electron chi connectivity index (χ2n) is 3.23. The zero-order valence-corrected chi connectivity index (χ0v) is 9.04. The molecule has 0 aliphatic carbocycles. The zero-order chi connectivity index (χ0) is 13.0. The Hall–Kier alpha value is -2.38. The Bertz CT molecular complexity index is 453. The van der Waals surface area contributed by atoms with E-state index in [4.69, 9.17) is 5.11 Å². The molecule has 0 unspecified atom stereocenters. The Morgan fingerprint density at radius 3 is 2.59 bits per heavy atom. The lowest BCUT2D eigenvalue weighted by Crippen LogP contribution is -2.35. The summed E-state index contributed by atoms with van der Waals surface area (Å²) >= 11 is 0. The SMILES string of the molecule is CCN(CC(=O)O)C(=O)c1ccc([N+](=O)[O-])[nH]1. The number of aromatic amines is 1. The maximum Gasteiger partial charge on any atom is 0.323 e. The number of likely N-dealkylation sites (N-methyl/N-ethyl adjacent to an activating group) is 1. The monoisotopic (exact) mass is 241 g/mol. The van der Waals surface area contributed by atoms with Crippen molar-refractivity contribution in [1.82, 2.24) is 9.88 Å². The van der Waals surface area contributed by atoms with Gasteiger partial charge in [-0.15, -0.1) is 0 Å². The van der Waals surface area contributed by atoms with E-state index < -0.39 is 23.3 Å². The van der Waals surface area contributed by atoms with Crippen molar-refractivity contribution in [3.8, 4) is 0 Å². The van der Waals surface area contributed by atoms with Gasteiger partial charge in [0.1, 0.15) is 6.54 Å². The lowest BCUT2D eigenvalue weighted by atomic mass is 10.3. The number of rotatable bonds is 5. The Morgan fingerprint density at radius 1 is 1.53 bits per heavy atom. The van der Waals surface area contributed by atoms with Gasteiger partial charge in [-0.3, -0.25) is 9.59 Å². The highest BCUT2D eigenvalue weighted by molar-refractivity contribution is 5.94. The van der Waals surface area contributed by atoms with E-state index in [1.165, 1.54) is 6.07 Å². The van der Waals surface area contributed by atoms with Gasteiger partial charge >= 0.3 is 11.8 Å². The van der Waals surface area contributed by atoms with Crippen molar-refractivity contribution >= 4 is 17.7 Å². The van der Waals surface area contributed by atoms with E-state index in [0.717, 1.165) is 11.0 Å². The maximum absolute atomic E-state index is 11.8. The molecule has 0 spiro atoms. The minimum atomic E-state index is -1.14.